The molecule has 0 bridgehead atoms. The van der Waals surface area contributed by atoms with Crippen molar-refractivity contribution >= 4 is 30.2 Å². The standard InChI is InChI=1S/C13H9.C7H9.C2H6Si.2ClH.Zr/c1-3-7-12-10(5-1)9-11-6-2-4-8-13(11)12;1-2-7-5-3-4-6-7;1-3-2;;;/h1-9H;3,5H,2,4H2,1H3;1-2H3;2*1H;. The Morgan fingerprint density at radius 2 is 1.46 bits per heavy atom. The monoisotopic (exact) mass is 478 g/mol. The van der Waals surface area contributed by atoms with Crippen LogP contribution in [0.15, 0.2) is 69.5 Å². The van der Waals surface area contributed by atoms with Crippen molar-refractivity contribution in [3.8, 4) is 11.1 Å². The van der Waals surface area contributed by atoms with Crippen LogP contribution in [0.3, 0.4) is 0 Å². The molecule has 4 heteroatoms. The summed E-state index contributed by atoms with van der Waals surface area (Å²) in [5, 5.41) is 0. The van der Waals surface area contributed by atoms with Gasteiger partial charge in [0, 0.05) is 0 Å². The quantitative estimate of drug-likeness (QED) is 0.411. The first-order chi connectivity index (χ1) is 11.7. The number of rotatable bonds is 3. The molecule has 0 radical (unpaired) electrons. The van der Waals surface area contributed by atoms with Crippen molar-refractivity contribution < 1.29 is 20.4 Å². The predicted octanol–water partition coefficient (Wildman–Crippen LogP) is 7.09. The molecule has 136 valence electrons. The summed E-state index contributed by atoms with van der Waals surface area (Å²) in [4.78, 5) is 0. The average molecular weight is 481 g/mol. The van der Waals surface area contributed by atoms with Gasteiger partial charge in [-0.2, -0.15) is 0 Å². The molecule has 0 unspecified atom stereocenters. The van der Waals surface area contributed by atoms with Crippen molar-refractivity contribution in [2.24, 2.45) is 0 Å². The van der Waals surface area contributed by atoms with Crippen molar-refractivity contribution in [2.75, 3.05) is 0 Å². The molecule has 0 spiro atoms. The molecule has 0 N–H and O–H groups in total. The Bertz CT molecular complexity index is 862. The van der Waals surface area contributed by atoms with Gasteiger partial charge in [0.05, 0.1) is 0 Å². The van der Waals surface area contributed by atoms with Gasteiger partial charge in [-0.3, -0.25) is 0 Å². The third-order valence-corrected chi connectivity index (χ3v) is 23.7. The van der Waals surface area contributed by atoms with Crippen molar-refractivity contribution in [3.63, 3.8) is 0 Å². The molecule has 0 heterocycles. The first-order valence-electron chi connectivity index (χ1n) is 8.97. The van der Waals surface area contributed by atoms with Crippen LogP contribution in [-0.4, -0.2) is 5.43 Å². The van der Waals surface area contributed by atoms with E-state index in [0.717, 1.165) is 3.63 Å². The van der Waals surface area contributed by atoms with Crippen LogP contribution in [0.25, 0.3) is 11.1 Å². The van der Waals surface area contributed by atoms with Crippen molar-refractivity contribution in [1.82, 2.24) is 0 Å². The molecule has 0 nitrogen and oxygen atoms in total. The van der Waals surface area contributed by atoms with E-state index in [0.29, 0.717) is 0 Å². The SMILES string of the molecule is CCC1=[C]([Zr]([CH]2c3ccccc3-c3ccccc32)=[Si](C)C)CC=C1.Cl.Cl. The summed E-state index contributed by atoms with van der Waals surface area (Å²) in [6.45, 7) is 7.50. The van der Waals surface area contributed by atoms with Gasteiger partial charge >= 0.3 is 154 Å². The fourth-order valence-electron chi connectivity index (χ4n) is 4.40. The minimum atomic E-state index is -1.76. The van der Waals surface area contributed by atoms with Crippen LogP contribution in [-0.2, 0) is 20.4 Å². The summed E-state index contributed by atoms with van der Waals surface area (Å²) in [6, 6.07) is 18.4. The molecule has 0 saturated heterocycles. The zero-order chi connectivity index (χ0) is 16.7. The Balaban J connectivity index is 0.00000121. The molecule has 2 aliphatic rings. The summed E-state index contributed by atoms with van der Waals surface area (Å²) in [5.74, 6) is 0. The van der Waals surface area contributed by atoms with Gasteiger partial charge in [0.25, 0.3) is 0 Å². The molecular weight excluding hydrogens is 454 g/mol. The second-order valence-corrected chi connectivity index (χ2v) is 24.5. The van der Waals surface area contributed by atoms with E-state index in [4.69, 9.17) is 0 Å². The van der Waals surface area contributed by atoms with Crippen molar-refractivity contribution in [2.45, 2.75) is 36.5 Å². The summed E-state index contributed by atoms with van der Waals surface area (Å²) in [6.07, 6.45) is 7.30. The summed E-state index contributed by atoms with van der Waals surface area (Å²) < 4.78 is 2.65. The Kier molecular flexibility index (Phi) is 7.74. The molecule has 0 aromatic heterocycles. The molecule has 0 saturated carbocycles. The molecule has 0 aliphatic heterocycles. The van der Waals surface area contributed by atoms with Crippen LogP contribution in [0.2, 0.25) is 13.1 Å². The number of benzene rings is 2. The molecule has 4 rings (SSSR count). The van der Waals surface area contributed by atoms with Crippen LogP contribution in [0.5, 0.6) is 0 Å². The zero-order valence-corrected chi connectivity index (χ0v) is 20.7. The fraction of sp³-hybridized carbons (Fsp3) is 0.273. The topological polar surface area (TPSA) is 0 Å². The summed E-state index contributed by atoms with van der Waals surface area (Å²) in [5.41, 5.74) is 7.69. The van der Waals surface area contributed by atoms with Gasteiger partial charge in [0.15, 0.2) is 0 Å². The second-order valence-electron chi connectivity index (χ2n) is 6.99. The van der Waals surface area contributed by atoms with Gasteiger partial charge in [0.1, 0.15) is 0 Å². The van der Waals surface area contributed by atoms with E-state index in [1.54, 1.807) is 16.7 Å². The summed E-state index contributed by atoms with van der Waals surface area (Å²) in [7, 11) is 0. The van der Waals surface area contributed by atoms with E-state index in [1.165, 1.54) is 24.0 Å². The van der Waals surface area contributed by atoms with Gasteiger partial charge in [-0.1, -0.05) is 0 Å². The molecule has 2 aliphatic carbocycles. The van der Waals surface area contributed by atoms with Crippen molar-refractivity contribution in [1.29, 1.82) is 0 Å². The maximum atomic E-state index is 2.58. The van der Waals surface area contributed by atoms with Crippen LogP contribution in [0, 0.1) is 0 Å². The zero-order valence-electron chi connectivity index (χ0n) is 15.6. The van der Waals surface area contributed by atoms with E-state index < -0.39 is 20.4 Å². The fourth-order valence-corrected chi connectivity index (χ4v) is 23.6. The van der Waals surface area contributed by atoms with Crippen LogP contribution in [0.4, 0.5) is 0 Å². The van der Waals surface area contributed by atoms with E-state index in [2.05, 4.69) is 80.7 Å². The molecular formula is C22H26Cl2SiZr. The van der Waals surface area contributed by atoms with Crippen LogP contribution < -0.4 is 0 Å². The molecule has 0 fully saturated rings. The number of hydrogen-bond acceptors (Lipinski definition) is 0. The minimum absolute atomic E-state index is 0. The van der Waals surface area contributed by atoms with Gasteiger partial charge in [-0.05, 0) is 0 Å². The number of halogens is 2. The average Bonchev–Trinajstić information content (AvgIpc) is 3.19. The molecule has 0 atom stereocenters. The van der Waals surface area contributed by atoms with Gasteiger partial charge in [0.2, 0.25) is 0 Å². The molecule has 26 heavy (non-hydrogen) atoms. The van der Waals surface area contributed by atoms with E-state index >= 15 is 0 Å². The predicted molar refractivity (Wildman–Crippen MR) is 117 cm³/mol. The van der Waals surface area contributed by atoms with Crippen molar-refractivity contribution in [3.05, 3.63) is 80.7 Å². The summed E-state index contributed by atoms with van der Waals surface area (Å²) >= 11 is -1.76. The van der Waals surface area contributed by atoms with Gasteiger partial charge in [-0.15, -0.1) is 24.8 Å². The Morgan fingerprint density at radius 1 is 0.923 bits per heavy atom. The second kappa shape index (κ2) is 9.20. The molecule has 2 aromatic rings. The first kappa shape index (κ1) is 21.9. The van der Waals surface area contributed by atoms with E-state index in [1.807, 2.05) is 3.28 Å². The Hall–Kier alpha value is -0.400. The first-order valence-corrected chi connectivity index (χ1v) is 17.8. The largest absolute Gasteiger partial charge is 0.147 e. The van der Waals surface area contributed by atoms with Gasteiger partial charge < -0.3 is 0 Å². The van der Waals surface area contributed by atoms with E-state index in [9.17, 15) is 0 Å². The third-order valence-electron chi connectivity index (χ3n) is 5.40. The van der Waals surface area contributed by atoms with Gasteiger partial charge in [-0.25, -0.2) is 0 Å². The number of allylic oxidation sites excluding steroid dienone is 4. The van der Waals surface area contributed by atoms with E-state index in [-0.39, 0.29) is 30.2 Å². The Morgan fingerprint density at radius 3 is 1.96 bits per heavy atom. The Labute approximate surface area is 177 Å². The maximum absolute atomic E-state index is 2.58. The molecule has 0 amide bonds. The number of hydrogen-bond donors (Lipinski definition) is 0. The third kappa shape index (κ3) is 3.63. The number of fused-ring (bicyclic) bond motifs is 3. The smallest absolute Gasteiger partial charge is 0.147 e. The van der Waals surface area contributed by atoms with Crippen LogP contribution >= 0.6 is 24.8 Å². The van der Waals surface area contributed by atoms with Crippen LogP contribution in [0.1, 0.15) is 34.5 Å². The maximum Gasteiger partial charge on any atom is -0.147 e. The minimum Gasteiger partial charge on any atom is -0.147 e. The normalized spacial score (nSPS) is 14.4. The molecule has 2 aromatic carbocycles.